The summed E-state index contributed by atoms with van der Waals surface area (Å²) in [6.07, 6.45) is 10.2. The third kappa shape index (κ3) is 4.52. The van der Waals surface area contributed by atoms with Crippen LogP contribution in [0.4, 0.5) is 0 Å². The van der Waals surface area contributed by atoms with Crippen molar-refractivity contribution >= 4 is 11.8 Å². The van der Waals surface area contributed by atoms with Gasteiger partial charge >= 0.3 is 0 Å². The lowest BCUT2D eigenvalue weighted by Crippen LogP contribution is -2.25. The molecule has 1 rings (SSSR count). The second kappa shape index (κ2) is 7.36. The molecule has 1 nitrogen and oxygen atoms in total. The normalized spacial score (nSPS) is 20.0. The van der Waals surface area contributed by atoms with E-state index in [2.05, 4.69) is 13.0 Å². The van der Waals surface area contributed by atoms with Crippen molar-refractivity contribution in [3.63, 3.8) is 0 Å². The van der Waals surface area contributed by atoms with Gasteiger partial charge in [-0.3, -0.25) is 0 Å². The van der Waals surface area contributed by atoms with Gasteiger partial charge in [0.1, 0.15) is 0 Å². The van der Waals surface area contributed by atoms with Gasteiger partial charge in [0.2, 0.25) is 0 Å². The average molecular weight is 213 g/mol. The van der Waals surface area contributed by atoms with Crippen molar-refractivity contribution in [2.75, 3.05) is 11.5 Å². The quantitative estimate of drug-likeness (QED) is 0.560. The summed E-state index contributed by atoms with van der Waals surface area (Å²) in [5.74, 6) is 2.36. The molecule has 0 spiro atoms. The van der Waals surface area contributed by atoms with Crippen LogP contribution in [0.25, 0.3) is 0 Å². The number of rotatable bonds is 5. The Labute approximate surface area is 92.5 Å². The van der Waals surface area contributed by atoms with Crippen molar-refractivity contribution in [3.8, 4) is 0 Å². The van der Waals surface area contributed by atoms with Crippen LogP contribution in [0.2, 0.25) is 0 Å². The topological polar surface area (TPSA) is 26.0 Å². The zero-order chi connectivity index (χ0) is 10.2. The highest BCUT2D eigenvalue weighted by Gasteiger charge is 2.10. The molecule has 0 amide bonds. The summed E-state index contributed by atoms with van der Waals surface area (Å²) in [4.78, 5) is 0. The molecule has 82 valence electrons. The second-order valence-electron chi connectivity index (χ2n) is 4.06. The van der Waals surface area contributed by atoms with Crippen LogP contribution >= 0.6 is 11.8 Å². The first-order valence-corrected chi connectivity index (χ1v) is 7.02. The Morgan fingerprint density at radius 2 is 2.29 bits per heavy atom. The molecular weight excluding hydrogens is 190 g/mol. The van der Waals surface area contributed by atoms with E-state index in [4.69, 9.17) is 5.73 Å². The average Bonchev–Trinajstić information content (AvgIpc) is 2.46. The van der Waals surface area contributed by atoms with Crippen molar-refractivity contribution in [2.45, 2.75) is 51.5 Å². The molecule has 0 saturated heterocycles. The number of thioether (sulfide) groups is 1. The summed E-state index contributed by atoms with van der Waals surface area (Å²) >= 11 is 2.00. The van der Waals surface area contributed by atoms with E-state index in [1.54, 1.807) is 0 Å². The van der Waals surface area contributed by atoms with Crippen LogP contribution in [0.5, 0.6) is 0 Å². The molecule has 0 saturated carbocycles. The molecule has 0 radical (unpaired) electrons. The minimum absolute atomic E-state index is 0.324. The third-order valence-corrected chi connectivity index (χ3v) is 3.99. The van der Waals surface area contributed by atoms with Crippen LogP contribution in [-0.2, 0) is 0 Å². The molecule has 0 aromatic carbocycles. The molecule has 0 heterocycles. The van der Waals surface area contributed by atoms with Crippen LogP contribution in [0.15, 0.2) is 11.6 Å². The summed E-state index contributed by atoms with van der Waals surface area (Å²) < 4.78 is 0. The van der Waals surface area contributed by atoms with E-state index in [1.807, 2.05) is 11.8 Å². The van der Waals surface area contributed by atoms with Crippen molar-refractivity contribution in [2.24, 2.45) is 5.73 Å². The SMILES string of the molecule is CCCSCC(N)C1=CCCCCC1. The largest absolute Gasteiger partial charge is 0.324 e. The zero-order valence-corrected chi connectivity index (χ0v) is 10.1. The highest BCUT2D eigenvalue weighted by Crippen LogP contribution is 2.20. The molecule has 1 unspecified atom stereocenters. The van der Waals surface area contributed by atoms with Crippen molar-refractivity contribution in [1.82, 2.24) is 0 Å². The third-order valence-electron chi connectivity index (χ3n) is 2.70. The molecule has 1 aliphatic carbocycles. The fraction of sp³-hybridized carbons (Fsp3) is 0.833. The molecule has 2 heteroatoms. The number of nitrogens with two attached hydrogens (primary N) is 1. The summed E-state index contributed by atoms with van der Waals surface area (Å²) in [7, 11) is 0. The van der Waals surface area contributed by atoms with Crippen LogP contribution < -0.4 is 5.73 Å². The van der Waals surface area contributed by atoms with Crippen LogP contribution in [0.3, 0.4) is 0 Å². The Morgan fingerprint density at radius 3 is 3.07 bits per heavy atom. The van der Waals surface area contributed by atoms with Gasteiger partial charge in [0.05, 0.1) is 0 Å². The summed E-state index contributed by atoms with van der Waals surface area (Å²) in [5.41, 5.74) is 7.69. The molecule has 2 N–H and O–H groups in total. The summed E-state index contributed by atoms with van der Waals surface area (Å²) in [6, 6.07) is 0.324. The standard InChI is InChI=1S/C12H23NS/c1-2-9-14-10-12(13)11-7-5-3-4-6-8-11/h7,12H,2-6,8-10,13H2,1H3. The number of hydrogen-bond acceptors (Lipinski definition) is 2. The maximum absolute atomic E-state index is 6.17. The lowest BCUT2D eigenvalue weighted by atomic mass is 10.0. The van der Waals surface area contributed by atoms with Crippen LogP contribution in [-0.4, -0.2) is 17.5 Å². The Kier molecular flexibility index (Phi) is 6.37. The molecule has 0 aromatic rings. The molecule has 14 heavy (non-hydrogen) atoms. The lowest BCUT2D eigenvalue weighted by molar-refractivity contribution is 0.693. The van der Waals surface area contributed by atoms with Crippen molar-refractivity contribution < 1.29 is 0 Å². The van der Waals surface area contributed by atoms with Gasteiger partial charge < -0.3 is 5.73 Å². The van der Waals surface area contributed by atoms with E-state index >= 15 is 0 Å². The van der Waals surface area contributed by atoms with E-state index in [9.17, 15) is 0 Å². The molecular formula is C12H23NS. The molecule has 1 aliphatic rings. The first kappa shape index (κ1) is 12.1. The Balaban J connectivity index is 2.26. The van der Waals surface area contributed by atoms with Crippen LogP contribution in [0, 0.1) is 0 Å². The smallest absolute Gasteiger partial charge is 0.0345 e. The molecule has 1 atom stereocenters. The van der Waals surface area contributed by atoms with Gasteiger partial charge in [-0.2, -0.15) is 11.8 Å². The summed E-state index contributed by atoms with van der Waals surface area (Å²) in [6.45, 7) is 2.23. The van der Waals surface area contributed by atoms with E-state index < -0.39 is 0 Å². The van der Waals surface area contributed by atoms with Gasteiger partial charge in [0, 0.05) is 11.8 Å². The highest BCUT2D eigenvalue weighted by molar-refractivity contribution is 7.99. The van der Waals surface area contributed by atoms with E-state index in [1.165, 1.54) is 49.9 Å². The fourth-order valence-electron chi connectivity index (χ4n) is 1.84. The first-order chi connectivity index (χ1) is 6.84. The lowest BCUT2D eigenvalue weighted by Gasteiger charge is -2.14. The van der Waals surface area contributed by atoms with Gasteiger partial charge in [-0.05, 0) is 37.9 Å². The number of hydrogen-bond donors (Lipinski definition) is 1. The number of allylic oxidation sites excluding steroid dienone is 1. The van der Waals surface area contributed by atoms with Crippen molar-refractivity contribution in [1.29, 1.82) is 0 Å². The molecule has 0 aromatic heterocycles. The minimum atomic E-state index is 0.324. The minimum Gasteiger partial charge on any atom is -0.324 e. The zero-order valence-electron chi connectivity index (χ0n) is 9.30. The van der Waals surface area contributed by atoms with Gasteiger partial charge in [-0.25, -0.2) is 0 Å². The van der Waals surface area contributed by atoms with Gasteiger partial charge in [-0.15, -0.1) is 0 Å². The maximum atomic E-state index is 6.17. The van der Waals surface area contributed by atoms with E-state index in [0.29, 0.717) is 6.04 Å². The monoisotopic (exact) mass is 213 g/mol. The Bertz CT molecular complexity index is 177. The molecule has 0 bridgehead atoms. The van der Waals surface area contributed by atoms with Crippen LogP contribution in [0.1, 0.15) is 45.4 Å². The van der Waals surface area contributed by atoms with E-state index in [-0.39, 0.29) is 0 Å². The fourth-order valence-corrected chi connectivity index (χ4v) is 2.76. The highest BCUT2D eigenvalue weighted by atomic mass is 32.2. The van der Waals surface area contributed by atoms with Crippen molar-refractivity contribution in [3.05, 3.63) is 11.6 Å². The van der Waals surface area contributed by atoms with Gasteiger partial charge in [0.25, 0.3) is 0 Å². The molecule has 0 aliphatic heterocycles. The molecule has 0 fully saturated rings. The predicted octanol–water partition coefficient (Wildman–Crippen LogP) is 3.35. The summed E-state index contributed by atoms with van der Waals surface area (Å²) in [5, 5.41) is 0. The van der Waals surface area contributed by atoms with Gasteiger partial charge in [-0.1, -0.05) is 25.0 Å². The Hall–Kier alpha value is 0.0500. The predicted molar refractivity (Wildman–Crippen MR) is 66.8 cm³/mol. The Morgan fingerprint density at radius 1 is 1.43 bits per heavy atom. The second-order valence-corrected chi connectivity index (χ2v) is 5.21. The van der Waals surface area contributed by atoms with Gasteiger partial charge in [0.15, 0.2) is 0 Å². The van der Waals surface area contributed by atoms with E-state index in [0.717, 1.165) is 5.75 Å². The first-order valence-electron chi connectivity index (χ1n) is 5.87. The maximum Gasteiger partial charge on any atom is 0.0345 e.